The number of aromatic nitrogens is 1. The molecule has 0 aromatic carbocycles. The van der Waals surface area contributed by atoms with E-state index < -0.39 is 0 Å². The monoisotopic (exact) mass is 398 g/mol. The molecule has 1 aliphatic heterocycles. The van der Waals surface area contributed by atoms with E-state index in [1.54, 1.807) is 0 Å². The van der Waals surface area contributed by atoms with Crippen molar-refractivity contribution in [1.29, 1.82) is 0 Å². The third kappa shape index (κ3) is 3.49. The maximum atomic E-state index is 12.9. The lowest BCUT2D eigenvalue weighted by Gasteiger charge is -2.56. The Labute approximate surface area is 173 Å². The van der Waals surface area contributed by atoms with Crippen LogP contribution < -0.4 is 10.6 Å². The van der Waals surface area contributed by atoms with E-state index in [1.807, 2.05) is 6.92 Å². The van der Waals surface area contributed by atoms with Crippen LogP contribution in [0.4, 0.5) is 4.79 Å². The van der Waals surface area contributed by atoms with Gasteiger partial charge in [0.1, 0.15) is 0 Å². The molecule has 3 amide bonds. The van der Waals surface area contributed by atoms with E-state index in [1.165, 1.54) is 25.0 Å². The first-order chi connectivity index (χ1) is 13.9. The van der Waals surface area contributed by atoms with Gasteiger partial charge in [-0.15, -0.1) is 0 Å². The van der Waals surface area contributed by atoms with Gasteiger partial charge in [0.05, 0.1) is 12.1 Å². The fourth-order valence-electron chi connectivity index (χ4n) is 7.29. The second-order valence-corrected chi connectivity index (χ2v) is 10.3. The number of carbonyl (C=O) groups is 2. The van der Waals surface area contributed by atoms with Gasteiger partial charge >= 0.3 is 6.03 Å². The van der Waals surface area contributed by atoms with Crippen LogP contribution in [0.1, 0.15) is 70.0 Å². The quantitative estimate of drug-likeness (QED) is 0.817. The van der Waals surface area contributed by atoms with Gasteiger partial charge in [-0.2, -0.15) is 0 Å². The second-order valence-electron chi connectivity index (χ2n) is 10.3. The Bertz CT molecular complexity index is 765. The van der Waals surface area contributed by atoms with Crippen molar-refractivity contribution in [1.82, 2.24) is 20.1 Å². The number of nitrogens with zero attached hydrogens (tertiary/aromatic N) is 2. The zero-order valence-electron chi connectivity index (χ0n) is 17.7. The molecule has 4 bridgehead atoms. The smallest absolute Gasteiger partial charge is 0.321 e. The predicted molar refractivity (Wildman–Crippen MR) is 111 cm³/mol. The number of carbonyl (C=O) groups excluding carboxylic acids is 2. The summed E-state index contributed by atoms with van der Waals surface area (Å²) in [7, 11) is 2.05. The summed E-state index contributed by atoms with van der Waals surface area (Å²) in [5.41, 5.74) is 1.17. The first-order valence-electron chi connectivity index (χ1n) is 11.4. The fraction of sp³-hybridized carbons (Fsp3) is 0.739. The van der Waals surface area contributed by atoms with E-state index in [4.69, 9.17) is 0 Å². The Hall–Kier alpha value is -1.82. The maximum absolute atomic E-state index is 12.9. The number of likely N-dealkylation sites (tertiary alicyclic amines) is 1. The number of aryl methyl sites for hydroxylation is 1. The molecule has 2 atom stereocenters. The number of hydrogen-bond donors (Lipinski definition) is 2. The van der Waals surface area contributed by atoms with Crippen molar-refractivity contribution in [3.8, 4) is 0 Å². The average molecular weight is 399 g/mol. The topological polar surface area (TPSA) is 66.4 Å². The summed E-state index contributed by atoms with van der Waals surface area (Å²) in [6.07, 6.45) is 11.5. The lowest BCUT2D eigenvalue weighted by Crippen LogP contribution is -2.62. The molecule has 158 valence electrons. The minimum Gasteiger partial charge on any atom is -0.353 e. The average Bonchev–Trinajstić information content (AvgIpc) is 3.27. The molecule has 1 aromatic heterocycles. The Balaban J connectivity index is 1.21. The Morgan fingerprint density at radius 2 is 1.79 bits per heavy atom. The molecule has 0 spiro atoms. The molecule has 1 aromatic rings. The predicted octanol–water partition coefficient (Wildman–Crippen LogP) is 3.35. The molecular formula is C23H34N4O2. The molecular weight excluding hydrogens is 364 g/mol. The fourth-order valence-corrected chi connectivity index (χ4v) is 7.29. The third-order valence-corrected chi connectivity index (χ3v) is 8.15. The molecule has 0 unspecified atom stereocenters. The van der Waals surface area contributed by atoms with E-state index in [-0.39, 0.29) is 29.6 Å². The summed E-state index contributed by atoms with van der Waals surface area (Å²) in [4.78, 5) is 27.9. The van der Waals surface area contributed by atoms with Crippen LogP contribution in [-0.4, -0.2) is 39.5 Å². The van der Waals surface area contributed by atoms with Crippen molar-refractivity contribution in [2.45, 2.75) is 75.9 Å². The Morgan fingerprint density at radius 3 is 2.38 bits per heavy atom. The lowest BCUT2D eigenvalue weighted by molar-refractivity contribution is -0.125. The first kappa shape index (κ1) is 19.2. The van der Waals surface area contributed by atoms with Gasteiger partial charge in [0, 0.05) is 24.5 Å². The SMILES string of the molecule is C[C@H](C(=O)NC(=O)NC12CC3CC(CC(C3)C1)C2)N1CCC[C@@H]1c1cccn1C. The van der Waals surface area contributed by atoms with Gasteiger partial charge in [0.15, 0.2) is 0 Å². The van der Waals surface area contributed by atoms with Gasteiger partial charge < -0.3 is 9.88 Å². The van der Waals surface area contributed by atoms with Crippen molar-refractivity contribution >= 4 is 11.9 Å². The highest BCUT2D eigenvalue weighted by molar-refractivity contribution is 5.97. The molecule has 1 saturated heterocycles. The van der Waals surface area contributed by atoms with Crippen LogP contribution in [0.2, 0.25) is 0 Å². The number of hydrogen-bond acceptors (Lipinski definition) is 3. The summed E-state index contributed by atoms with van der Waals surface area (Å²) in [6.45, 7) is 2.82. The van der Waals surface area contributed by atoms with E-state index in [2.05, 4.69) is 45.5 Å². The standard InChI is InChI=1S/C23H34N4O2/c1-15(27-8-4-6-20(27)19-5-3-7-26(19)2)21(28)24-22(29)25-23-12-16-9-17(13-23)11-18(10-16)14-23/h3,5,7,15-18,20H,4,6,8-14H2,1-2H3,(H2,24,25,28,29)/t15-,16?,17?,18?,20-,23?/m1/s1. The largest absolute Gasteiger partial charge is 0.353 e. The normalized spacial score (nSPS) is 36.9. The molecule has 0 radical (unpaired) electrons. The highest BCUT2D eigenvalue weighted by Crippen LogP contribution is 2.55. The Morgan fingerprint density at radius 1 is 1.14 bits per heavy atom. The van der Waals surface area contributed by atoms with Crippen LogP contribution in [0.5, 0.6) is 0 Å². The van der Waals surface area contributed by atoms with Crippen LogP contribution in [-0.2, 0) is 11.8 Å². The molecule has 4 aliphatic carbocycles. The summed E-state index contributed by atoms with van der Waals surface area (Å²) < 4.78 is 2.13. The van der Waals surface area contributed by atoms with Crippen LogP contribution in [0.3, 0.4) is 0 Å². The van der Waals surface area contributed by atoms with Gasteiger partial charge in [0.25, 0.3) is 0 Å². The summed E-state index contributed by atoms with van der Waals surface area (Å²) in [6, 6.07) is 3.81. The number of urea groups is 1. The lowest BCUT2D eigenvalue weighted by atomic mass is 9.53. The second kappa shape index (κ2) is 7.15. The van der Waals surface area contributed by atoms with Crippen LogP contribution >= 0.6 is 0 Å². The number of amides is 3. The summed E-state index contributed by atoms with van der Waals surface area (Å²) >= 11 is 0. The highest BCUT2D eigenvalue weighted by Gasteiger charge is 2.51. The van der Waals surface area contributed by atoms with Gasteiger partial charge in [0.2, 0.25) is 5.91 Å². The Kier molecular flexibility index (Phi) is 4.72. The van der Waals surface area contributed by atoms with Crippen LogP contribution in [0, 0.1) is 17.8 Å². The first-order valence-corrected chi connectivity index (χ1v) is 11.4. The van der Waals surface area contributed by atoms with E-state index in [0.717, 1.165) is 56.4 Å². The van der Waals surface area contributed by atoms with Crippen LogP contribution in [0.25, 0.3) is 0 Å². The molecule has 4 saturated carbocycles. The number of rotatable bonds is 4. The molecule has 2 heterocycles. The third-order valence-electron chi connectivity index (χ3n) is 8.15. The maximum Gasteiger partial charge on any atom is 0.321 e. The highest BCUT2D eigenvalue weighted by atomic mass is 16.2. The molecule has 5 fully saturated rings. The minimum absolute atomic E-state index is 0.0679. The van der Waals surface area contributed by atoms with Gasteiger partial charge in [-0.25, -0.2) is 4.79 Å². The minimum atomic E-state index is -0.320. The van der Waals surface area contributed by atoms with Gasteiger partial charge in [-0.1, -0.05) is 0 Å². The zero-order chi connectivity index (χ0) is 20.2. The van der Waals surface area contributed by atoms with E-state index in [0.29, 0.717) is 0 Å². The van der Waals surface area contributed by atoms with Gasteiger partial charge in [-0.05, 0) is 94.7 Å². The molecule has 2 N–H and O–H groups in total. The zero-order valence-corrected chi connectivity index (χ0v) is 17.7. The number of nitrogens with one attached hydrogen (secondary N) is 2. The summed E-state index contributed by atoms with van der Waals surface area (Å²) in [5, 5.41) is 5.93. The summed E-state index contributed by atoms with van der Waals surface area (Å²) in [5.74, 6) is 2.12. The number of imide groups is 1. The van der Waals surface area contributed by atoms with Crippen molar-refractivity contribution in [2.75, 3.05) is 6.54 Å². The molecule has 6 rings (SSSR count). The van der Waals surface area contributed by atoms with Crippen molar-refractivity contribution in [2.24, 2.45) is 24.8 Å². The molecule has 6 nitrogen and oxygen atoms in total. The van der Waals surface area contributed by atoms with Gasteiger partial charge in [-0.3, -0.25) is 15.0 Å². The van der Waals surface area contributed by atoms with Crippen LogP contribution in [0.15, 0.2) is 18.3 Å². The van der Waals surface area contributed by atoms with E-state index >= 15 is 0 Å². The molecule has 6 heteroatoms. The van der Waals surface area contributed by atoms with Crippen molar-refractivity contribution < 1.29 is 9.59 Å². The van der Waals surface area contributed by atoms with E-state index in [9.17, 15) is 9.59 Å². The van der Waals surface area contributed by atoms with Crippen molar-refractivity contribution in [3.05, 3.63) is 24.0 Å². The molecule has 5 aliphatic rings. The van der Waals surface area contributed by atoms with Crippen molar-refractivity contribution in [3.63, 3.8) is 0 Å². The molecule has 29 heavy (non-hydrogen) atoms.